The Balaban J connectivity index is 2.21. The van der Waals surface area contributed by atoms with Crippen LogP contribution < -0.4 is 0 Å². The zero-order valence-electron chi connectivity index (χ0n) is 21.8. The minimum Gasteiger partial charge on any atom is -0.507 e. The van der Waals surface area contributed by atoms with E-state index in [1.807, 2.05) is 26.0 Å². The van der Waals surface area contributed by atoms with Gasteiger partial charge in [0.1, 0.15) is 18.2 Å². The zero-order valence-corrected chi connectivity index (χ0v) is 21.8. The first-order chi connectivity index (χ1) is 15.3. The first-order valence-electron chi connectivity index (χ1n) is 12.0. The number of benzene rings is 2. The van der Waals surface area contributed by atoms with E-state index in [1.165, 1.54) is 11.1 Å². The largest absolute Gasteiger partial charge is 0.507 e. The van der Waals surface area contributed by atoms with E-state index in [-0.39, 0.29) is 17.5 Å². The molecule has 4 heteroatoms. The Morgan fingerprint density at radius 2 is 1.03 bits per heavy atom. The van der Waals surface area contributed by atoms with Crippen LogP contribution in [-0.4, -0.2) is 29.3 Å². The molecule has 2 aromatic carbocycles. The van der Waals surface area contributed by atoms with Crippen LogP contribution in [0.3, 0.4) is 0 Å². The Bertz CT molecular complexity index is 924. The van der Waals surface area contributed by atoms with Crippen LogP contribution in [0.5, 0.6) is 11.5 Å². The van der Waals surface area contributed by atoms with Gasteiger partial charge in [-0.25, -0.2) is 0 Å². The molecule has 0 heterocycles. The number of aromatic hydroxyl groups is 2. The van der Waals surface area contributed by atoms with E-state index in [4.69, 9.17) is 0 Å². The first-order valence-corrected chi connectivity index (χ1v) is 12.0. The number of nitrogens with zero attached hydrogens (tertiary/aromatic N) is 2. The topological polar surface area (TPSA) is 65.2 Å². The molecule has 0 aliphatic rings. The number of phenols is 2. The van der Waals surface area contributed by atoms with E-state index in [0.717, 1.165) is 47.9 Å². The van der Waals surface area contributed by atoms with Gasteiger partial charge in [0, 0.05) is 23.6 Å². The summed E-state index contributed by atoms with van der Waals surface area (Å²) in [6, 6.07) is 8.22. The van der Waals surface area contributed by atoms with Crippen molar-refractivity contribution in [3.8, 4) is 11.5 Å². The Morgan fingerprint density at radius 3 is 1.33 bits per heavy atom. The molecule has 0 aromatic heterocycles. The van der Waals surface area contributed by atoms with Gasteiger partial charge in [-0.15, -0.1) is 0 Å². The van der Waals surface area contributed by atoms with Crippen molar-refractivity contribution in [1.82, 2.24) is 0 Å². The molecule has 0 saturated heterocycles. The molecule has 0 saturated carbocycles. The second-order valence-electron chi connectivity index (χ2n) is 11.3. The number of phenolic OH excluding ortho intramolecular Hbond substituents is 2. The van der Waals surface area contributed by atoms with E-state index in [9.17, 15) is 10.2 Å². The molecule has 0 aliphatic heterocycles. The molecule has 2 rings (SSSR count). The predicted molar refractivity (Wildman–Crippen MR) is 141 cm³/mol. The first kappa shape index (κ1) is 26.6. The lowest BCUT2D eigenvalue weighted by molar-refractivity contribution is 0.410. The van der Waals surface area contributed by atoms with Gasteiger partial charge in [0.15, 0.2) is 0 Å². The molecular formula is C29H42N2O2. The molecule has 0 aliphatic carbocycles. The average molecular weight is 451 g/mol. The van der Waals surface area contributed by atoms with Gasteiger partial charge in [-0.2, -0.15) is 0 Å². The van der Waals surface area contributed by atoms with Crippen molar-refractivity contribution in [2.75, 3.05) is 6.67 Å². The third kappa shape index (κ3) is 8.34. The lowest BCUT2D eigenvalue weighted by Gasteiger charge is -2.19. The normalized spacial score (nSPS) is 12.8. The van der Waals surface area contributed by atoms with Gasteiger partial charge in [0.2, 0.25) is 0 Å². The van der Waals surface area contributed by atoms with Crippen molar-refractivity contribution in [2.24, 2.45) is 20.8 Å². The van der Waals surface area contributed by atoms with Gasteiger partial charge < -0.3 is 10.2 Å². The highest BCUT2D eigenvalue weighted by molar-refractivity contribution is 5.86. The van der Waals surface area contributed by atoms with Gasteiger partial charge in [-0.3, -0.25) is 9.98 Å². The highest BCUT2D eigenvalue weighted by atomic mass is 16.3. The molecule has 180 valence electrons. The minimum absolute atomic E-state index is 0.168. The van der Waals surface area contributed by atoms with Crippen molar-refractivity contribution < 1.29 is 10.2 Å². The van der Waals surface area contributed by atoms with Gasteiger partial charge in [-0.05, 0) is 70.9 Å². The fraction of sp³-hybridized carbons (Fsp3) is 0.517. The summed E-state index contributed by atoms with van der Waals surface area (Å²) in [6.07, 6.45) is 6.81. The SMILES string of the molecule is CCc1cc(CC(C)(C)C)cc(C=NCN=Cc2cc(CC(C)(C)C)cc(CC)c2O)c1O. The lowest BCUT2D eigenvalue weighted by atomic mass is 9.86. The maximum Gasteiger partial charge on any atom is 0.129 e. The van der Waals surface area contributed by atoms with Gasteiger partial charge in [0.25, 0.3) is 0 Å². The number of hydrogen-bond acceptors (Lipinski definition) is 4. The van der Waals surface area contributed by atoms with Crippen LogP contribution in [0.2, 0.25) is 0 Å². The van der Waals surface area contributed by atoms with Crippen molar-refractivity contribution in [2.45, 2.75) is 81.1 Å². The summed E-state index contributed by atoms with van der Waals surface area (Å²) in [7, 11) is 0. The zero-order chi connectivity index (χ0) is 24.8. The second-order valence-corrected chi connectivity index (χ2v) is 11.3. The van der Waals surface area contributed by atoms with E-state index in [2.05, 4.69) is 63.7 Å². The van der Waals surface area contributed by atoms with Crippen LogP contribution in [0.4, 0.5) is 0 Å². The van der Waals surface area contributed by atoms with Gasteiger partial charge >= 0.3 is 0 Å². The van der Waals surface area contributed by atoms with Crippen molar-refractivity contribution >= 4 is 12.4 Å². The third-order valence-electron chi connectivity index (χ3n) is 5.41. The summed E-state index contributed by atoms with van der Waals surface area (Å²) >= 11 is 0. The van der Waals surface area contributed by atoms with Crippen LogP contribution >= 0.6 is 0 Å². The molecule has 4 nitrogen and oxygen atoms in total. The fourth-order valence-corrected chi connectivity index (χ4v) is 4.06. The minimum atomic E-state index is 0.168. The maximum absolute atomic E-state index is 10.6. The summed E-state index contributed by atoms with van der Waals surface area (Å²) in [5.74, 6) is 0.589. The number of hydrogen-bond donors (Lipinski definition) is 2. The van der Waals surface area contributed by atoms with E-state index in [0.29, 0.717) is 11.5 Å². The molecule has 0 radical (unpaired) electrons. The average Bonchev–Trinajstić information content (AvgIpc) is 2.69. The molecule has 33 heavy (non-hydrogen) atoms. The summed E-state index contributed by atoms with van der Waals surface area (Å²) in [6.45, 7) is 17.6. The molecule has 0 spiro atoms. The van der Waals surface area contributed by atoms with E-state index >= 15 is 0 Å². The summed E-state index contributed by atoms with van der Waals surface area (Å²) in [4.78, 5) is 8.84. The molecular weight excluding hydrogens is 408 g/mol. The molecule has 0 fully saturated rings. The monoisotopic (exact) mass is 450 g/mol. The van der Waals surface area contributed by atoms with E-state index in [1.54, 1.807) is 12.4 Å². The van der Waals surface area contributed by atoms with E-state index < -0.39 is 0 Å². The number of aryl methyl sites for hydroxylation is 2. The molecule has 2 aromatic rings. The van der Waals surface area contributed by atoms with Crippen molar-refractivity contribution in [3.63, 3.8) is 0 Å². The third-order valence-corrected chi connectivity index (χ3v) is 5.41. The van der Waals surface area contributed by atoms with Crippen molar-refractivity contribution in [3.05, 3.63) is 57.6 Å². The molecule has 2 N–H and O–H groups in total. The van der Waals surface area contributed by atoms with Gasteiger partial charge in [0.05, 0.1) is 0 Å². The predicted octanol–water partition coefficient (Wildman–Crippen LogP) is 6.90. The number of rotatable bonds is 8. The van der Waals surface area contributed by atoms with Gasteiger partial charge in [-0.1, -0.05) is 67.5 Å². The fourth-order valence-electron chi connectivity index (χ4n) is 4.06. The van der Waals surface area contributed by atoms with Crippen LogP contribution in [0.25, 0.3) is 0 Å². The van der Waals surface area contributed by atoms with Crippen LogP contribution in [0.1, 0.15) is 88.8 Å². The van der Waals surface area contributed by atoms with Crippen LogP contribution in [-0.2, 0) is 25.7 Å². The highest BCUT2D eigenvalue weighted by Crippen LogP contribution is 2.29. The second kappa shape index (κ2) is 11.0. The quantitative estimate of drug-likeness (QED) is 0.430. The molecule has 0 bridgehead atoms. The maximum atomic E-state index is 10.6. The Morgan fingerprint density at radius 1 is 0.667 bits per heavy atom. The summed E-state index contributed by atoms with van der Waals surface area (Å²) in [5.41, 5.74) is 6.08. The smallest absolute Gasteiger partial charge is 0.129 e. The Labute approximate surface area is 200 Å². The summed E-state index contributed by atoms with van der Waals surface area (Å²) in [5, 5.41) is 21.2. The Hall–Kier alpha value is -2.62. The van der Waals surface area contributed by atoms with Crippen LogP contribution in [0, 0.1) is 10.8 Å². The number of aliphatic imine (C=N–C) groups is 2. The van der Waals surface area contributed by atoms with Crippen molar-refractivity contribution in [1.29, 1.82) is 0 Å². The highest BCUT2D eigenvalue weighted by Gasteiger charge is 2.16. The molecule has 0 unspecified atom stereocenters. The standard InChI is InChI=1S/C29H42N2O2/c1-9-22-11-20(15-28(3,4)5)13-24(26(22)32)17-30-19-31-18-25-14-21(16-29(6,7)8)12-23(10-2)27(25)33/h11-14,17-18,32-33H,9-10,15-16,19H2,1-8H3. The molecule has 0 atom stereocenters. The summed E-state index contributed by atoms with van der Waals surface area (Å²) < 4.78 is 0. The molecule has 0 amide bonds. The van der Waals surface area contributed by atoms with Crippen LogP contribution in [0.15, 0.2) is 34.3 Å². The lowest BCUT2D eigenvalue weighted by Crippen LogP contribution is -2.10. The Kier molecular flexibility index (Phi) is 8.88.